The number of amides is 1. The molecule has 0 spiro atoms. The lowest BCUT2D eigenvalue weighted by molar-refractivity contribution is -0.121. The van der Waals surface area contributed by atoms with Crippen molar-refractivity contribution in [3.05, 3.63) is 48.0 Å². The fourth-order valence-electron chi connectivity index (χ4n) is 2.97. The summed E-state index contributed by atoms with van der Waals surface area (Å²) in [7, 11) is 0. The highest BCUT2D eigenvalue weighted by molar-refractivity contribution is 5.77. The maximum absolute atomic E-state index is 13.0. The largest absolute Gasteiger partial charge is 0.369 e. The van der Waals surface area contributed by atoms with Crippen LogP contribution in [-0.4, -0.2) is 35.5 Å². The van der Waals surface area contributed by atoms with E-state index in [4.69, 9.17) is 5.73 Å². The van der Waals surface area contributed by atoms with Gasteiger partial charge in [0.2, 0.25) is 5.91 Å². The average Bonchev–Trinajstić information content (AvgIpc) is 3.15. The monoisotopic (exact) mass is 343 g/mol. The Balaban J connectivity index is 1.62. The number of halogens is 1. The van der Waals surface area contributed by atoms with Crippen LogP contribution in [0.15, 0.2) is 36.7 Å². The molecule has 3 N–H and O–H groups in total. The molecular formula is C18H22FN5O. The number of carbonyl (C=O) groups is 1. The van der Waals surface area contributed by atoms with Gasteiger partial charge in [0.15, 0.2) is 0 Å². The molecule has 1 aromatic carbocycles. The number of rotatable bonds is 7. The minimum absolute atomic E-state index is 0.298. The zero-order chi connectivity index (χ0) is 17.6. The zero-order valence-electron chi connectivity index (χ0n) is 14.0. The first-order valence-electron chi connectivity index (χ1n) is 8.46. The molecule has 0 saturated carbocycles. The highest BCUT2D eigenvalue weighted by Gasteiger charge is 2.17. The third-order valence-corrected chi connectivity index (χ3v) is 4.41. The van der Waals surface area contributed by atoms with Crippen molar-refractivity contribution < 1.29 is 9.18 Å². The molecule has 1 saturated heterocycles. The second-order valence-corrected chi connectivity index (χ2v) is 6.27. The van der Waals surface area contributed by atoms with Gasteiger partial charge in [-0.2, -0.15) is 0 Å². The van der Waals surface area contributed by atoms with E-state index in [0.29, 0.717) is 18.8 Å². The summed E-state index contributed by atoms with van der Waals surface area (Å²) in [5.41, 5.74) is 6.38. The van der Waals surface area contributed by atoms with Crippen molar-refractivity contribution >= 4 is 17.5 Å². The first kappa shape index (κ1) is 17.1. The Kier molecular flexibility index (Phi) is 5.42. The number of carbonyl (C=O) groups excluding carboxylic acids is 1. The molecule has 1 aromatic heterocycles. The Hall–Kier alpha value is -2.70. The first-order chi connectivity index (χ1) is 12.1. The van der Waals surface area contributed by atoms with Crippen LogP contribution in [0.4, 0.5) is 16.0 Å². The molecule has 132 valence electrons. The molecule has 0 radical (unpaired) electrons. The Morgan fingerprint density at radius 2 is 1.96 bits per heavy atom. The zero-order valence-corrected chi connectivity index (χ0v) is 14.0. The molecule has 1 amide bonds. The fourth-order valence-corrected chi connectivity index (χ4v) is 2.97. The molecule has 0 bridgehead atoms. The molecular weight excluding hydrogens is 321 g/mol. The Bertz CT molecular complexity index is 716. The van der Waals surface area contributed by atoms with Crippen LogP contribution in [0.5, 0.6) is 0 Å². The normalized spacial score (nSPS) is 15.2. The van der Waals surface area contributed by atoms with Crippen molar-refractivity contribution in [2.45, 2.75) is 19.3 Å². The van der Waals surface area contributed by atoms with E-state index in [1.807, 2.05) is 6.07 Å². The summed E-state index contributed by atoms with van der Waals surface area (Å²) in [5, 5.41) is 3.17. The third-order valence-electron chi connectivity index (χ3n) is 4.41. The number of nitrogens with zero attached hydrogens (tertiary/aromatic N) is 3. The Morgan fingerprint density at radius 3 is 2.64 bits per heavy atom. The van der Waals surface area contributed by atoms with Gasteiger partial charge in [0.05, 0.1) is 5.92 Å². The van der Waals surface area contributed by atoms with E-state index in [1.165, 1.54) is 31.3 Å². The number of anilines is 2. The van der Waals surface area contributed by atoms with Crippen LogP contribution in [0, 0.1) is 11.7 Å². The summed E-state index contributed by atoms with van der Waals surface area (Å²) < 4.78 is 13.0. The lowest BCUT2D eigenvalue weighted by Gasteiger charge is -2.18. The van der Waals surface area contributed by atoms with Gasteiger partial charge in [-0.1, -0.05) is 12.1 Å². The summed E-state index contributed by atoms with van der Waals surface area (Å²) in [5.74, 6) is 0.459. The predicted octanol–water partition coefficient (Wildman–Crippen LogP) is 1.97. The molecule has 2 heterocycles. The maximum atomic E-state index is 13.0. The van der Waals surface area contributed by atoms with Crippen molar-refractivity contribution in [2.75, 3.05) is 29.9 Å². The molecule has 0 unspecified atom stereocenters. The fraction of sp³-hybridized carbons (Fsp3) is 0.389. The van der Waals surface area contributed by atoms with E-state index < -0.39 is 11.8 Å². The van der Waals surface area contributed by atoms with Crippen molar-refractivity contribution in [2.24, 2.45) is 11.7 Å². The number of hydrogen-bond acceptors (Lipinski definition) is 5. The van der Waals surface area contributed by atoms with E-state index >= 15 is 0 Å². The number of nitrogens with one attached hydrogen (secondary N) is 1. The maximum Gasteiger partial charge on any atom is 0.222 e. The minimum atomic E-state index is -0.407. The molecule has 7 heteroatoms. The van der Waals surface area contributed by atoms with Gasteiger partial charge >= 0.3 is 0 Å². The quantitative estimate of drug-likeness (QED) is 0.803. The number of nitrogens with two attached hydrogens (primary N) is 1. The highest BCUT2D eigenvalue weighted by Crippen LogP contribution is 2.19. The molecule has 6 nitrogen and oxygen atoms in total. The molecule has 1 aliphatic rings. The lowest BCUT2D eigenvalue weighted by atomic mass is 9.98. The van der Waals surface area contributed by atoms with Gasteiger partial charge in [-0.3, -0.25) is 4.79 Å². The van der Waals surface area contributed by atoms with E-state index in [-0.39, 0.29) is 5.82 Å². The SMILES string of the molecule is NC(=O)[C@H](CNc1cc(N2CCCC2)ncn1)Cc1ccc(F)cc1. The summed E-state index contributed by atoms with van der Waals surface area (Å²) in [4.78, 5) is 22.5. The average molecular weight is 343 g/mol. The predicted molar refractivity (Wildman–Crippen MR) is 94.8 cm³/mol. The van der Waals surface area contributed by atoms with Gasteiger partial charge in [-0.25, -0.2) is 14.4 Å². The second kappa shape index (κ2) is 7.92. The Labute approximate surface area is 146 Å². The third kappa shape index (κ3) is 4.65. The summed E-state index contributed by atoms with van der Waals surface area (Å²) in [6, 6.07) is 7.99. The molecule has 0 aliphatic carbocycles. The lowest BCUT2D eigenvalue weighted by Crippen LogP contribution is -2.31. The van der Waals surface area contributed by atoms with E-state index in [9.17, 15) is 9.18 Å². The van der Waals surface area contributed by atoms with Crippen LogP contribution in [0.3, 0.4) is 0 Å². The van der Waals surface area contributed by atoms with Gasteiger partial charge in [0.1, 0.15) is 23.8 Å². The van der Waals surface area contributed by atoms with Crippen LogP contribution < -0.4 is 16.0 Å². The van der Waals surface area contributed by atoms with E-state index in [1.54, 1.807) is 12.1 Å². The Morgan fingerprint density at radius 1 is 1.24 bits per heavy atom. The van der Waals surface area contributed by atoms with Crippen LogP contribution in [0.2, 0.25) is 0 Å². The summed E-state index contributed by atoms with van der Waals surface area (Å²) >= 11 is 0. The van der Waals surface area contributed by atoms with Crippen molar-refractivity contribution in [3.63, 3.8) is 0 Å². The van der Waals surface area contributed by atoms with Crippen molar-refractivity contribution in [3.8, 4) is 0 Å². The van der Waals surface area contributed by atoms with Gasteiger partial charge in [0.25, 0.3) is 0 Å². The molecule has 25 heavy (non-hydrogen) atoms. The van der Waals surface area contributed by atoms with Gasteiger partial charge in [-0.05, 0) is 37.0 Å². The second-order valence-electron chi connectivity index (χ2n) is 6.27. The molecule has 1 aliphatic heterocycles. The smallest absolute Gasteiger partial charge is 0.222 e. The van der Waals surface area contributed by atoms with Gasteiger partial charge in [0, 0.05) is 25.7 Å². The van der Waals surface area contributed by atoms with Crippen molar-refractivity contribution in [1.82, 2.24) is 9.97 Å². The van der Waals surface area contributed by atoms with Crippen LogP contribution in [0.25, 0.3) is 0 Å². The first-order valence-corrected chi connectivity index (χ1v) is 8.46. The van der Waals surface area contributed by atoms with Crippen LogP contribution >= 0.6 is 0 Å². The molecule has 1 atom stereocenters. The number of hydrogen-bond donors (Lipinski definition) is 2. The molecule has 1 fully saturated rings. The summed E-state index contributed by atoms with van der Waals surface area (Å²) in [6.07, 6.45) is 4.32. The van der Waals surface area contributed by atoms with Crippen LogP contribution in [-0.2, 0) is 11.2 Å². The van der Waals surface area contributed by atoms with Gasteiger partial charge in [-0.15, -0.1) is 0 Å². The van der Waals surface area contributed by atoms with Crippen LogP contribution in [0.1, 0.15) is 18.4 Å². The topological polar surface area (TPSA) is 84.1 Å². The number of primary amides is 1. The molecule has 3 rings (SSSR count). The number of benzene rings is 1. The summed E-state index contributed by atoms with van der Waals surface area (Å²) in [6.45, 7) is 2.37. The number of aromatic nitrogens is 2. The minimum Gasteiger partial charge on any atom is -0.369 e. The molecule has 2 aromatic rings. The van der Waals surface area contributed by atoms with Gasteiger partial charge < -0.3 is 16.0 Å². The standard InChI is InChI=1S/C18H22FN5O/c19-15-5-3-13(4-6-15)9-14(18(20)25)11-21-16-10-17(23-12-22-16)24-7-1-2-8-24/h3-6,10,12,14H,1-2,7-9,11H2,(H2,20,25)(H,21,22,23)/t14-/m0/s1. The van der Waals surface area contributed by atoms with E-state index in [0.717, 1.165) is 24.5 Å². The van der Waals surface area contributed by atoms with Crippen molar-refractivity contribution in [1.29, 1.82) is 0 Å². The highest BCUT2D eigenvalue weighted by atomic mass is 19.1. The van der Waals surface area contributed by atoms with E-state index in [2.05, 4.69) is 20.2 Å².